The van der Waals surface area contributed by atoms with E-state index in [0.717, 1.165) is 0 Å². The highest BCUT2D eigenvalue weighted by Gasteiger charge is 2.19. The summed E-state index contributed by atoms with van der Waals surface area (Å²) in [5, 5.41) is 18.3. The SMILES string of the molecule is CC(CO)OC(CCO)n1cnc2c(N)nc(I)nc21. The minimum Gasteiger partial charge on any atom is -0.396 e. The number of hydrogen-bond acceptors (Lipinski definition) is 7. The number of aliphatic hydroxyl groups is 2. The van der Waals surface area contributed by atoms with Crippen LogP contribution in [0.4, 0.5) is 5.82 Å². The van der Waals surface area contributed by atoms with Gasteiger partial charge in [0.25, 0.3) is 0 Å². The van der Waals surface area contributed by atoms with Gasteiger partial charge in [-0.05, 0) is 6.92 Å². The number of nitrogen functional groups attached to an aromatic ring is 1. The average molecular weight is 393 g/mol. The van der Waals surface area contributed by atoms with E-state index in [0.29, 0.717) is 27.2 Å². The van der Waals surface area contributed by atoms with Crippen molar-refractivity contribution in [2.45, 2.75) is 25.7 Å². The van der Waals surface area contributed by atoms with Gasteiger partial charge in [0.15, 0.2) is 15.3 Å². The number of aliphatic hydroxyl groups excluding tert-OH is 2. The molecule has 2 aromatic rings. The number of rotatable bonds is 6. The zero-order valence-electron chi connectivity index (χ0n) is 10.9. The van der Waals surface area contributed by atoms with Crippen molar-refractivity contribution in [1.82, 2.24) is 19.5 Å². The monoisotopic (exact) mass is 393 g/mol. The molecule has 0 spiro atoms. The van der Waals surface area contributed by atoms with Gasteiger partial charge in [0.2, 0.25) is 0 Å². The summed E-state index contributed by atoms with van der Waals surface area (Å²) < 4.78 is 7.88. The maximum atomic E-state index is 9.17. The topological polar surface area (TPSA) is 119 Å². The van der Waals surface area contributed by atoms with Crippen molar-refractivity contribution in [3.05, 3.63) is 10.2 Å². The van der Waals surface area contributed by atoms with Gasteiger partial charge in [-0.15, -0.1) is 0 Å². The summed E-state index contributed by atoms with van der Waals surface area (Å²) in [7, 11) is 0. The fourth-order valence-corrected chi connectivity index (χ4v) is 2.30. The lowest BCUT2D eigenvalue weighted by atomic mass is 10.3. The number of hydrogen-bond donors (Lipinski definition) is 3. The van der Waals surface area contributed by atoms with Crippen molar-refractivity contribution in [2.75, 3.05) is 18.9 Å². The van der Waals surface area contributed by atoms with Crippen molar-refractivity contribution < 1.29 is 14.9 Å². The van der Waals surface area contributed by atoms with E-state index in [1.165, 1.54) is 0 Å². The molecule has 2 unspecified atom stereocenters. The van der Waals surface area contributed by atoms with Gasteiger partial charge in [-0.3, -0.25) is 4.57 Å². The molecule has 0 aromatic carbocycles. The highest BCUT2D eigenvalue weighted by Crippen LogP contribution is 2.23. The van der Waals surface area contributed by atoms with Crippen LogP contribution in [0.15, 0.2) is 6.33 Å². The van der Waals surface area contributed by atoms with Crippen LogP contribution in [0, 0.1) is 3.83 Å². The Balaban J connectivity index is 2.42. The quantitative estimate of drug-likeness (QED) is 0.477. The molecule has 0 fully saturated rings. The molecule has 2 atom stereocenters. The second-order valence-corrected chi connectivity index (χ2v) is 5.26. The molecule has 0 radical (unpaired) electrons. The normalized spacial score (nSPS) is 14.6. The molecule has 20 heavy (non-hydrogen) atoms. The number of fused-ring (bicyclic) bond motifs is 1. The standard InChI is InChI=1S/C11H16IN5O3/c1-6(4-19)20-7(2-3-18)17-5-14-8-9(13)15-11(12)16-10(8)17/h5-7,18-19H,2-4H2,1H3,(H2,13,15,16). The summed E-state index contributed by atoms with van der Waals surface area (Å²) in [5.41, 5.74) is 6.85. The van der Waals surface area contributed by atoms with Gasteiger partial charge in [-0.1, -0.05) is 0 Å². The van der Waals surface area contributed by atoms with Gasteiger partial charge >= 0.3 is 0 Å². The van der Waals surface area contributed by atoms with E-state index < -0.39 is 6.23 Å². The Labute approximate surface area is 129 Å². The Bertz CT molecular complexity index is 591. The van der Waals surface area contributed by atoms with Crippen LogP contribution in [0.1, 0.15) is 19.6 Å². The predicted molar refractivity (Wildman–Crippen MR) is 80.8 cm³/mol. The number of aromatic nitrogens is 4. The van der Waals surface area contributed by atoms with E-state index >= 15 is 0 Å². The minimum absolute atomic E-state index is 0.0554. The van der Waals surface area contributed by atoms with Crippen LogP contribution in [-0.4, -0.2) is 49.0 Å². The fraction of sp³-hybridized carbons (Fsp3) is 0.545. The summed E-state index contributed by atoms with van der Waals surface area (Å²) in [6.07, 6.45) is 1.08. The fourth-order valence-electron chi connectivity index (χ4n) is 1.82. The van der Waals surface area contributed by atoms with E-state index in [1.54, 1.807) is 17.8 Å². The van der Waals surface area contributed by atoms with E-state index in [9.17, 15) is 0 Å². The van der Waals surface area contributed by atoms with E-state index in [-0.39, 0.29) is 19.3 Å². The lowest BCUT2D eigenvalue weighted by Gasteiger charge is -2.22. The summed E-state index contributed by atoms with van der Waals surface area (Å²) in [4.78, 5) is 12.5. The molecule has 0 bridgehead atoms. The Morgan fingerprint density at radius 2 is 2.20 bits per heavy atom. The lowest BCUT2D eigenvalue weighted by Crippen LogP contribution is -2.22. The van der Waals surface area contributed by atoms with Crippen LogP contribution in [0.2, 0.25) is 0 Å². The number of ether oxygens (including phenoxy) is 1. The molecule has 0 aliphatic rings. The average Bonchev–Trinajstić information content (AvgIpc) is 2.81. The molecule has 2 aromatic heterocycles. The van der Waals surface area contributed by atoms with Gasteiger partial charge in [0.05, 0.1) is 19.0 Å². The molecule has 4 N–H and O–H groups in total. The molecule has 0 aliphatic heterocycles. The Hall–Kier alpha value is -1.04. The summed E-state index contributed by atoms with van der Waals surface area (Å²) >= 11 is 1.97. The van der Waals surface area contributed by atoms with Crippen molar-refractivity contribution in [1.29, 1.82) is 0 Å². The number of halogens is 1. The molecule has 0 saturated carbocycles. The number of imidazole rings is 1. The number of anilines is 1. The zero-order valence-corrected chi connectivity index (χ0v) is 13.1. The molecule has 2 rings (SSSR count). The highest BCUT2D eigenvalue weighted by molar-refractivity contribution is 14.1. The first-order valence-electron chi connectivity index (χ1n) is 6.09. The van der Waals surface area contributed by atoms with Crippen molar-refractivity contribution in [2.24, 2.45) is 0 Å². The third-order valence-electron chi connectivity index (χ3n) is 2.75. The lowest BCUT2D eigenvalue weighted by molar-refractivity contribution is -0.0734. The van der Waals surface area contributed by atoms with Gasteiger partial charge in [0, 0.05) is 35.6 Å². The molecular formula is C11H16IN5O3. The summed E-state index contributed by atoms with van der Waals surface area (Å²) in [5.74, 6) is 0.302. The van der Waals surface area contributed by atoms with E-state index in [4.69, 9.17) is 20.7 Å². The minimum atomic E-state index is -0.475. The molecule has 110 valence electrons. The number of nitrogens with two attached hydrogens (primary N) is 1. The molecule has 2 heterocycles. The predicted octanol–water partition coefficient (Wildman–Crippen LogP) is 0.291. The summed E-state index contributed by atoms with van der Waals surface area (Å²) in [6, 6.07) is 0. The van der Waals surface area contributed by atoms with E-state index in [1.807, 2.05) is 22.6 Å². The Morgan fingerprint density at radius 3 is 2.85 bits per heavy atom. The Morgan fingerprint density at radius 1 is 1.45 bits per heavy atom. The third-order valence-corrected chi connectivity index (χ3v) is 3.24. The van der Waals surface area contributed by atoms with Crippen LogP contribution in [0.25, 0.3) is 11.2 Å². The number of nitrogens with zero attached hydrogens (tertiary/aromatic N) is 4. The van der Waals surface area contributed by atoms with Crippen LogP contribution in [-0.2, 0) is 4.74 Å². The molecule has 8 nitrogen and oxygen atoms in total. The molecule has 9 heteroatoms. The van der Waals surface area contributed by atoms with Crippen LogP contribution in [0.3, 0.4) is 0 Å². The first-order chi connectivity index (χ1) is 9.56. The van der Waals surface area contributed by atoms with Gasteiger partial charge in [0.1, 0.15) is 11.7 Å². The smallest absolute Gasteiger partial charge is 0.194 e. The third kappa shape index (κ3) is 3.16. The van der Waals surface area contributed by atoms with Crippen molar-refractivity contribution in [3.63, 3.8) is 0 Å². The molecule has 0 amide bonds. The molecular weight excluding hydrogens is 377 g/mol. The highest BCUT2D eigenvalue weighted by atomic mass is 127. The summed E-state index contributed by atoms with van der Waals surface area (Å²) in [6.45, 7) is 1.58. The second-order valence-electron chi connectivity index (χ2n) is 4.30. The zero-order chi connectivity index (χ0) is 14.7. The second kappa shape index (κ2) is 6.61. The van der Waals surface area contributed by atoms with Crippen molar-refractivity contribution >= 4 is 39.6 Å². The molecule has 0 saturated heterocycles. The van der Waals surface area contributed by atoms with Crippen LogP contribution >= 0.6 is 22.6 Å². The van der Waals surface area contributed by atoms with Gasteiger partial charge in [-0.2, -0.15) is 0 Å². The first-order valence-corrected chi connectivity index (χ1v) is 7.17. The van der Waals surface area contributed by atoms with Gasteiger partial charge < -0.3 is 20.7 Å². The maximum absolute atomic E-state index is 9.17. The van der Waals surface area contributed by atoms with Gasteiger partial charge in [-0.25, -0.2) is 15.0 Å². The van der Waals surface area contributed by atoms with Crippen LogP contribution < -0.4 is 5.73 Å². The maximum Gasteiger partial charge on any atom is 0.194 e. The van der Waals surface area contributed by atoms with E-state index in [2.05, 4.69) is 15.0 Å². The Kier molecular flexibility index (Phi) is 5.07. The first kappa shape index (κ1) is 15.4. The van der Waals surface area contributed by atoms with Crippen molar-refractivity contribution in [3.8, 4) is 0 Å². The van der Waals surface area contributed by atoms with Crippen LogP contribution in [0.5, 0.6) is 0 Å². The molecule has 0 aliphatic carbocycles. The largest absolute Gasteiger partial charge is 0.396 e.